The summed E-state index contributed by atoms with van der Waals surface area (Å²) in [4.78, 5) is 20.0. The van der Waals surface area contributed by atoms with E-state index in [4.69, 9.17) is 4.98 Å². The zero-order valence-electron chi connectivity index (χ0n) is 18.1. The summed E-state index contributed by atoms with van der Waals surface area (Å²) in [6, 6.07) is 20.0. The maximum atomic E-state index is 13.1. The number of aromatic nitrogens is 3. The molecule has 1 aliphatic heterocycles. The van der Waals surface area contributed by atoms with E-state index < -0.39 is 0 Å². The highest BCUT2D eigenvalue weighted by atomic mass is 32.2. The summed E-state index contributed by atoms with van der Waals surface area (Å²) in [5.74, 6) is 0.889. The van der Waals surface area contributed by atoms with Gasteiger partial charge in [0.15, 0.2) is 0 Å². The number of hydrogen-bond donors (Lipinski definition) is 0. The van der Waals surface area contributed by atoms with Gasteiger partial charge in [-0.1, -0.05) is 86.3 Å². The average Bonchev–Trinajstić information content (AvgIpc) is 2.83. The highest BCUT2D eigenvalue weighted by Gasteiger charge is 2.28. The van der Waals surface area contributed by atoms with Crippen LogP contribution in [0.2, 0.25) is 0 Å². The van der Waals surface area contributed by atoms with Crippen molar-refractivity contribution in [2.24, 2.45) is 5.92 Å². The summed E-state index contributed by atoms with van der Waals surface area (Å²) in [7, 11) is 0. The van der Waals surface area contributed by atoms with Crippen LogP contribution >= 0.6 is 11.8 Å². The summed E-state index contributed by atoms with van der Waals surface area (Å²) in [5.41, 5.74) is 3.50. The molecule has 1 fully saturated rings. The molecule has 31 heavy (non-hydrogen) atoms. The minimum absolute atomic E-state index is 0.191. The molecule has 0 spiro atoms. The first kappa shape index (κ1) is 21.5. The van der Waals surface area contributed by atoms with E-state index in [1.807, 2.05) is 72.5 Å². The van der Waals surface area contributed by atoms with Gasteiger partial charge in [0.2, 0.25) is 11.1 Å². The van der Waals surface area contributed by atoms with Gasteiger partial charge < -0.3 is 4.90 Å². The molecule has 0 N–H and O–H groups in total. The van der Waals surface area contributed by atoms with Crippen molar-refractivity contribution in [2.45, 2.75) is 43.5 Å². The predicted molar refractivity (Wildman–Crippen MR) is 126 cm³/mol. The summed E-state index contributed by atoms with van der Waals surface area (Å²) in [6.07, 6.45) is 2.89. The lowest BCUT2D eigenvalue weighted by Crippen LogP contribution is -2.42. The molecule has 0 aliphatic carbocycles. The number of thioether (sulfide) groups is 1. The van der Waals surface area contributed by atoms with Crippen LogP contribution in [0.3, 0.4) is 0 Å². The topological polar surface area (TPSA) is 59.0 Å². The third-order valence-electron chi connectivity index (χ3n) is 5.75. The van der Waals surface area contributed by atoms with Gasteiger partial charge in [-0.25, -0.2) is 4.98 Å². The van der Waals surface area contributed by atoms with Crippen LogP contribution in [0.15, 0.2) is 65.8 Å². The van der Waals surface area contributed by atoms with E-state index in [-0.39, 0.29) is 11.2 Å². The number of nitrogens with zero attached hydrogens (tertiary/aromatic N) is 4. The Bertz CT molecular complexity index is 1000. The van der Waals surface area contributed by atoms with Crippen molar-refractivity contribution in [1.82, 2.24) is 20.1 Å². The Morgan fingerprint density at radius 1 is 0.968 bits per heavy atom. The molecule has 1 aliphatic rings. The predicted octanol–water partition coefficient (Wildman–Crippen LogP) is 5.33. The van der Waals surface area contributed by atoms with Crippen LogP contribution in [0.1, 0.15) is 33.1 Å². The zero-order chi connectivity index (χ0) is 21.6. The largest absolute Gasteiger partial charge is 0.342 e. The molecule has 1 atom stereocenters. The van der Waals surface area contributed by atoms with Crippen molar-refractivity contribution in [3.05, 3.63) is 60.7 Å². The molecular formula is C25H28N4OS. The van der Waals surface area contributed by atoms with Crippen LogP contribution in [0.5, 0.6) is 0 Å². The fourth-order valence-electron chi connectivity index (χ4n) is 3.82. The van der Waals surface area contributed by atoms with Crippen molar-refractivity contribution in [1.29, 1.82) is 0 Å². The Balaban J connectivity index is 1.62. The number of amides is 1. The molecular weight excluding hydrogens is 404 g/mol. The van der Waals surface area contributed by atoms with Gasteiger partial charge in [0.1, 0.15) is 11.4 Å². The van der Waals surface area contributed by atoms with Gasteiger partial charge in [-0.15, -0.1) is 10.2 Å². The first-order chi connectivity index (χ1) is 15.2. The molecule has 0 saturated carbocycles. The molecule has 1 unspecified atom stereocenters. The number of piperidine rings is 1. The lowest BCUT2D eigenvalue weighted by Gasteiger charge is -2.32. The number of likely N-dealkylation sites (tertiary alicyclic amines) is 1. The third kappa shape index (κ3) is 5.13. The molecule has 6 heteroatoms. The zero-order valence-corrected chi connectivity index (χ0v) is 18.9. The van der Waals surface area contributed by atoms with E-state index in [9.17, 15) is 4.79 Å². The second-order valence-electron chi connectivity index (χ2n) is 8.05. The Morgan fingerprint density at radius 2 is 1.55 bits per heavy atom. The normalized spacial score (nSPS) is 15.6. The van der Waals surface area contributed by atoms with E-state index in [1.54, 1.807) is 0 Å². The van der Waals surface area contributed by atoms with E-state index in [2.05, 4.69) is 17.1 Å². The summed E-state index contributed by atoms with van der Waals surface area (Å²) < 4.78 is 0. The molecule has 2 aromatic carbocycles. The monoisotopic (exact) mass is 432 g/mol. The van der Waals surface area contributed by atoms with Gasteiger partial charge in [-0.2, -0.15) is 0 Å². The van der Waals surface area contributed by atoms with Crippen molar-refractivity contribution < 1.29 is 4.79 Å². The van der Waals surface area contributed by atoms with Crippen LogP contribution in [-0.4, -0.2) is 44.3 Å². The van der Waals surface area contributed by atoms with E-state index >= 15 is 0 Å². The Hall–Kier alpha value is -2.73. The maximum absolute atomic E-state index is 13.1. The van der Waals surface area contributed by atoms with Crippen LogP contribution in [0.25, 0.3) is 22.5 Å². The summed E-state index contributed by atoms with van der Waals surface area (Å²) in [5, 5.41) is 9.29. The first-order valence-electron chi connectivity index (χ1n) is 11.0. The number of carbonyl (C=O) groups excluding carboxylic acids is 1. The number of rotatable bonds is 6. The first-order valence-corrected chi connectivity index (χ1v) is 11.8. The van der Waals surface area contributed by atoms with Crippen LogP contribution in [0, 0.1) is 5.92 Å². The number of hydrogen-bond acceptors (Lipinski definition) is 5. The van der Waals surface area contributed by atoms with Gasteiger partial charge in [0.05, 0.1) is 5.25 Å². The minimum Gasteiger partial charge on any atom is -0.342 e. The van der Waals surface area contributed by atoms with E-state index in [0.717, 1.165) is 54.9 Å². The molecule has 2 heterocycles. The fourth-order valence-corrected chi connectivity index (χ4v) is 4.72. The molecule has 160 valence electrons. The number of carbonyl (C=O) groups is 1. The summed E-state index contributed by atoms with van der Waals surface area (Å²) >= 11 is 1.43. The molecule has 1 amide bonds. The van der Waals surface area contributed by atoms with Gasteiger partial charge in [-0.05, 0) is 25.2 Å². The van der Waals surface area contributed by atoms with Crippen LogP contribution in [0.4, 0.5) is 0 Å². The SMILES string of the molecule is CCC(Sc1nnc(-c2ccccc2)c(-c2ccccc2)n1)C(=O)N1CCC(C)CC1. The quantitative estimate of drug-likeness (QED) is 0.493. The average molecular weight is 433 g/mol. The van der Waals surface area contributed by atoms with Gasteiger partial charge in [0.25, 0.3) is 0 Å². The lowest BCUT2D eigenvalue weighted by atomic mass is 9.99. The fraction of sp³-hybridized carbons (Fsp3) is 0.360. The molecule has 1 saturated heterocycles. The maximum Gasteiger partial charge on any atom is 0.236 e. The summed E-state index contributed by atoms with van der Waals surface area (Å²) in [6.45, 7) is 6.00. The smallest absolute Gasteiger partial charge is 0.236 e. The number of benzene rings is 2. The Morgan fingerprint density at radius 3 is 2.13 bits per heavy atom. The Labute approximate surface area is 188 Å². The molecule has 0 bridgehead atoms. The second kappa shape index (κ2) is 10.1. The molecule has 1 aromatic heterocycles. The second-order valence-corrected chi connectivity index (χ2v) is 9.22. The third-order valence-corrected chi connectivity index (χ3v) is 6.95. The molecule has 3 aromatic rings. The standard InChI is InChI=1S/C25H28N4OS/c1-3-21(24(30)29-16-14-18(2)15-17-29)31-25-26-22(19-10-6-4-7-11-19)23(27-28-25)20-12-8-5-9-13-20/h4-13,18,21H,3,14-17H2,1-2H3. The van der Waals surface area contributed by atoms with E-state index in [1.165, 1.54) is 11.8 Å². The lowest BCUT2D eigenvalue weighted by molar-refractivity contribution is -0.131. The highest BCUT2D eigenvalue weighted by molar-refractivity contribution is 8.00. The molecule has 0 radical (unpaired) electrons. The van der Waals surface area contributed by atoms with E-state index in [0.29, 0.717) is 11.1 Å². The van der Waals surface area contributed by atoms with Gasteiger partial charge in [0, 0.05) is 24.2 Å². The van der Waals surface area contributed by atoms with Crippen molar-refractivity contribution >= 4 is 17.7 Å². The van der Waals surface area contributed by atoms with Crippen LogP contribution < -0.4 is 0 Å². The molecule has 4 rings (SSSR count). The Kier molecular flexibility index (Phi) is 6.97. The van der Waals surface area contributed by atoms with Gasteiger partial charge in [-0.3, -0.25) is 4.79 Å². The minimum atomic E-state index is -0.193. The van der Waals surface area contributed by atoms with Crippen LogP contribution in [-0.2, 0) is 4.79 Å². The van der Waals surface area contributed by atoms with Crippen molar-refractivity contribution in [3.8, 4) is 22.5 Å². The van der Waals surface area contributed by atoms with Gasteiger partial charge >= 0.3 is 0 Å². The van der Waals surface area contributed by atoms with Crippen molar-refractivity contribution in [3.63, 3.8) is 0 Å². The van der Waals surface area contributed by atoms with Crippen molar-refractivity contribution in [2.75, 3.05) is 13.1 Å². The highest BCUT2D eigenvalue weighted by Crippen LogP contribution is 2.32. The molecule has 5 nitrogen and oxygen atoms in total.